The van der Waals surface area contributed by atoms with Crippen molar-refractivity contribution < 1.29 is 13.2 Å². The summed E-state index contributed by atoms with van der Waals surface area (Å²) in [5.74, 6) is 0.813. The zero-order chi connectivity index (χ0) is 17.4. The first-order chi connectivity index (χ1) is 12.0. The predicted molar refractivity (Wildman–Crippen MR) is 93.3 cm³/mol. The van der Waals surface area contributed by atoms with E-state index in [2.05, 4.69) is 14.7 Å². The van der Waals surface area contributed by atoms with Crippen LogP contribution in [0.5, 0.6) is 0 Å². The van der Waals surface area contributed by atoms with E-state index in [0.29, 0.717) is 12.1 Å². The second kappa shape index (κ2) is 6.42. The summed E-state index contributed by atoms with van der Waals surface area (Å²) in [4.78, 5) is 21.3. The number of carbonyl (C=O) groups is 1. The van der Waals surface area contributed by atoms with Gasteiger partial charge in [0.05, 0.1) is 22.3 Å². The Balaban J connectivity index is 1.33. The number of benzene rings is 1. The van der Waals surface area contributed by atoms with Gasteiger partial charge in [-0.15, -0.1) is 0 Å². The van der Waals surface area contributed by atoms with Crippen LogP contribution in [-0.2, 0) is 14.8 Å². The number of fused-ring (bicyclic) bond motifs is 1. The van der Waals surface area contributed by atoms with Crippen LogP contribution in [0.15, 0.2) is 29.4 Å². The highest BCUT2D eigenvalue weighted by Gasteiger charge is 2.35. The molecular formula is C17H22N4O3S. The van der Waals surface area contributed by atoms with Crippen LogP contribution >= 0.6 is 0 Å². The number of imidazole rings is 1. The average molecular weight is 362 g/mol. The minimum Gasteiger partial charge on any atom is -0.345 e. The second-order valence-corrected chi connectivity index (χ2v) is 8.74. The number of rotatable bonds is 5. The number of piperidine rings is 1. The first-order valence-corrected chi connectivity index (χ1v) is 10.2. The lowest BCUT2D eigenvalue weighted by Gasteiger charge is -2.32. The molecule has 25 heavy (non-hydrogen) atoms. The molecule has 2 aromatic rings. The van der Waals surface area contributed by atoms with Gasteiger partial charge in [0.15, 0.2) is 0 Å². The number of hydrogen-bond donors (Lipinski definition) is 2. The number of nitrogens with zero attached hydrogens (tertiary/aromatic N) is 2. The van der Waals surface area contributed by atoms with Gasteiger partial charge in [-0.05, 0) is 49.8 Å². The third-order valence-electron chi connectivity index (χ3n) is 5.12. The number of aromatic amines is 1. The molecule has 4 rings (SSSR count). The molecule has 0 radical (unpaired) electrons. The Kier molecular flexibility index (Phi) is 4.24. The lowest BCUT2D eigenvalue weighted by atomic mass is 9.97. The van der Waals surface area contributed by atoms with Gasteiger partial charge in [-0.3, -0.25) is 4.79 Å². The molecule has 0 unspecified atom stereocenters. The number of likely N-dealkylation sites (tertiary alicyclic amines) is 1. The van der Waals surface area contributed by atoms with Gasteiger partial charge in [-0.25, -0.2) is 18.1 Å². The van der Waals surface area contributed by atoms with Crippen molar-refractivity contribution in [2.75, 3.05) is 19.6 Å². The van der Waals surface area contributed by atoms with Gasteiger partial charge in [-0.2, -0.15) is 0 Å². The molecule has 0 spiro atoms. The number of nitrogens with one attached hydrogen (secondary N) is 2. The highest BCUT2D eigenvalue weighted by molar-refractivity contribution is 7.89. The maximum atomic E-state index is 12.5. The lowest BCUT2D eigenvalue weighted by molar-refractivity contribution is -0.133. The van der Waals surface area contributed by atoms with Crippen molar-refractivity contribution >= 4 is 27.0 Å². The average Bonchev–Trinajstić information content (AvgIpc) is 3.37. The third-order valence-corrected chi connectivity index (χ3v) is 6.54. The standard InChI is InChI=1S/C17H22N4O3S/c22-17(13-1-2-13)21-7-5-12(6-8-21)10-20-25(23,24)14-3-4-15-16(9-14)19-11-18-15/h3-4,9,11-13,20H,1-2,5-8,10H2,(H,18,19). The van der Waals surface area contributed by atoms with Gasteiger partial charge in [-0.1, -0.05) is 0 Å². The summed E-state index contributed by atoms with van der Waals surface area (Å²) >= 11 is 0. The fraction of sp³-hybridized carbons (Fsp3) is 0.529. The molecule has 1 aromatic heterocycles. The molecule has 1 saturated carbocycles. The van der Waals surface area contributed by atoms with Gasteiger partial charge in [0.2, 0.25) is 15.9 Å². The van der Waals surface area contributed by atoms with Crippen molar-refractivity contribution in [2.24, 2.45) is 11.8 Å². The topological polar surface area (TPSA) is 95.2 Å². The molecule has 7 nitrogen and oxygen atoms in total. The Labute approximate surface area is 146 Å². The van der Waals surface area contributed by atoms with E-state index in [9.17, 15) is 13.2 Å². The Bertz CT molecular complexity index is 880. The summed E-state index contributed by atoms with van der Waals surface area (Å²) in [5, 5.41) is 0. The number of carbonyl (C=O) groups excluding carboxylic acids is 1. The summed E-state index contributed by atoms with van der Waals surface area (Å²) in [6, 6.07) is 4.87. The first kappa shape index (κ1) is 16.5. The van der Waals surface area contributed by atoms with E-state index >= 15 is 0 Å². The van der Waals surface area contributed by atoms with Crippen LogP contribution in [0, 0.1) is 11.8 Å². The van der Waals surface area contributed by atoms with Crippen LogP contribution in [0.4, 0.5) is 0 Å². The van der Waals surface area contributed by atoms with Crippen molar-refractivity contribution in [1.29, 1.82) is 0 Å². The van der Waals surface area contributed by atoms with Crippen LogP contribution in [0.2, 0.25) is 0 Å². The Morgan fingerprint density at radius 1 is 1.24 bits per heavy atom. The monoisotopic (exact) mass is 362 g/mol. The Morgan fingerprint density at radius 3 is 2.72 bits per heavy atom. The predicted octanol–water partition coefficient (Wildman–Crippen LogP) is 1.49. The van der Waals surface area contributed by atoms with Gasteiger partial charge in [0.1, 0.15) is 0 Å². The SMILES string of the molecule is O=C(C1CC1)N1CCC(CNS(=O)(=O)c2ccc3nc[nH]c3c2)CC1. The first-order valence-electron chi connectivity index (χ1n) is 8.74. The summed E-state index contributed by atoms with van der Waals surface area (Å²) in [6.45, 7) is 1.89. The van der Waals surface area contributed by atoms with E-state index in [1.54, 1.807) is 24.5 Å². The Morgan fingerprint density at radius 2 is 2.00 bits per heavy atom. The number of hydrogen-bond acceptors (Lipinski definition) is 4. The van der Waals surface area contributed by atoms with Gasteiger partial charge < -0.3 is 9.88 Å². The van der Waals surface area contributed by atoms with E-state index in [1.165, 1.54) is 0 Å². The van der Waals surface area contributed by atoms with Crippen molar-refractivity contribution in [1.82, 2.24) is 19.6 Å². The van der Waals surface area contributed by atoms with E-state index in [0.717, 1.165) is 44.3 Å². The largest absolute Gasteiger partial charge is 0.345 e. The molecule has 1 amide bonds. The number of aromatic nitrogens is 2. The molecule has 2 N–H and O–H groups in total. The third kappa shape index (κ3) is 3.55. The van der Waals surface area contributed by atoms with E-state index < -0.39 is 10.0 Å². The van der Waals surface area contributed by atoms with Crippen LogP contribution < -0.4 is 4.72 Å². The molecule has 2 fully saturated rings. The van der Waals surface area contributed by atoms with Gasteiger partial charge >= 0.3 is 0 Å². The summed E-state index contributed by atoms with van der Waals surface area (Å²) in [7, 11) is -3.54. The van der Waals surface area contributed by atoms with Gasteiger partial charge in [0.25, 0.3) is 0 Å². The smallest absolute Gasteiger partial charge is 0.240 e. The number of H-pyrrole nitrogens is 1. The van der Waals surface area contributed by atoms with Crippen molar-refractivity contribution in [3.05, 3.63) is 24.5 Å². The molecule has 1 saturated heterocycles. The number of sulfonamides is 1. The molecule has 1 aromatic carbocycles. The zero-order valence-corrected chi connectivity index (χ0v) is 14.8. The second-order valence-electron chi connectivity index (χ2n) is 6.98. The van der Waals surface area contributed by atoms with E-state index in [1.807, 2.05) is 4.90 Å². The van der Waals surface area contributed by atoms with Crippen LogP contribution in [-0.4, -0.2) is 48.8 Å². The molecule has 134 valence electrons. The number of amides is 1. The zero-order valence-electron chi connectivity index (χ0n) is 13.9. The van der Waals surface area contributed by atoms with Crippen LogP contribution in [0.25, 0.3) is 11.0 Å². The lowest BCUT2D eigenvalue weighted by Crippen LogP contribution is -2.42. The summed E-state index contributed by atoms with van der Waals surface area (Å²) in [5.41, 5.74) is 1.45. The summed E-state index contributed by atoms with van der Waals surface area (Å²) < 4.78 is 27.7. The molecule has 2 aliphatic rings. The molecular weight excluding hydrogens is 340 g/mol. The van der Waals surface area contributed by atoms with Gasteiger partial charge in [0, 0.05) is 25.6 Å². The maximum absolute atomic E-state index is 12.5. The molecule has 0 atom stereocenters. The van der Waals surface area contributed by atoms with Crippen molar-refractivity contribution in [3.8, 4) is 0 Å². The molecule has 0 bridgehead atoms. The quantitative estimate of drug-likeness (QED) is 0.842. The minimum atomic E-state index is -3.54. The van der Waals surface area contributed by atoms with Crippen molar-refractivity contribution in [2.45, 2.75) is 30.6 Å². The maximum Gasteiger partial charge on any atom is 0.240 e. The molecule has 2 heterocycles. The highest BCUT2D eigenvalue weighted by Crippen LogP contribution is 2.32. The van der Waals surface area contributed by atoms with E-state index in [4.69, 9.17) is 0 Å². The van der Waals surface area contributed by atoms with Crippen molar-refractivity contribution in [3.63, 3.8) is 0 Å². The molecule has 1 aliphatic heterocycles. The summed E-state index contributed by atoms with van der Waals surface area (Å²) in [6.07, 6.45) is 5.30. The van der Waals surface area contributed by atoms with Crippen LogP contribution in [0.1, 0.15) is 25.7 Å². The Hall–Kier alpha value is -1.93. The minimum absolute atomic E-state index is 0.241. The van der Waals surface area contributed by atoms with Crippen LogP contribution in [0.3, 0.4) is 0 Å². The fourth-order valence-electron chi connectivity index (χ4n) is 3.34. The highest BCUT2D eigenvalue weighted by atomic mass is 32.2. The molecule has 8 heteroatoms. The van der Waals surface area contributed by atoms with E-state index in [-0.39, 0.29) is 22.6 Å². The normalized spacial score (nSPS) is 19.4. The molecule has 1 aliphatic carbocycles. The fourth-order valence-corrected chi connectivity index (χ4v) is 4.48.